The Balaban J connectivity index is 2.35. The molecule has 0 saturated carbocycles. The molecule has 1 atom stereocenters. The van der Waals surface area contributed by atoms with Crippen LogP contribution in [0, 0.1) is 18.3 Å². The van der Waals surface area contributed by atoms with Gasteiger partial charge in [0.2, 0.25) is 5.78 Å². The Hall–Kier alpha value is -2.48. The van der Waals surface area contributed by atoms with Gasteiger partial charge in [-0.3, -0.25) is 9.48 Å². The molecule has 0 spiro atoms. The number of rotatable bonds is 3. The fraction of sp³-hybridized carbons (Fsp3) is 0.231. The number of aromatic nitrogens is 3. The van der Waals surface area contributed by atoms with Gasteiger partial charge in [0.1, 0.15) is 11.6 Å². The monoisotopic (exact) mass is 240 g/mol. The minimum atomic E-state index is -0.832. The molecule has 0 bridgehead atoms. The Morgan fingerprint density at radius 1 is 1.50 bits per heavy atom. The smallest absolute Gasteiger partial charge is 0.206 e. The van der Waals surface area contributed by atoms with E-state index in [1.165, 1.54) is 10.9 Å². The van der Waals surface area contributed by atoms with E-state index in [9.17, 15) is 10.1 Å². The predicted octanol–water partition coefficient (Wildman–Crippen LogP) is 1.61. The van der Waals surface area contributed by atoms with E-state index >= 15 is 0 Å². The lowest BCUT2D eigenvalue weighted by atomic mass is 9.93. The Kier molecular flexibility index (Phi) is 3.20. The molecular formula is C13H12N4O. The molecule has 0 aliphatic rings. The van der Waals surface area contributed by atoms with E-state index in [2.05, 4.69) is 10.3 Å². The number of benzene rings is 1. The van der Waals surface area contributed by atoms with Gasteiger partial charge >= 0.3 is 0 Å². The summed E-state index contributed by atoms with van der Waals surface area (Å²) in [5.74, 6) is -1.15. The first-order chi connectivity index (χ1) is 8.61. The molecule has 1 aromatic carbocycles. The largest absolute Gasteiger partial charge is 0.290 e. The number of carbonyl (C=O) groups is 1. The molecule has 0 aliphatic heterocycles. The first-order valence-corrected chi connectivity index (χ1v) is 5.48. The van der Waals surface area contributed by atoms with Crippen molar-refractivity contribution >= 4 is 5.78 Å². The molecule has 1 aromatic heterocycles. The number of nitriles is 1. The Morgan fingerprint density at radius 2 is 2.28 bits per heavy atom. The lowest BCUT2D eigenvalue weighted by Crippen LogP contribution is -2.12. The van der Waals surface area contributed by atoms with E-state index in [0.717, 1.165) is 5.56 Å². The highest BCUT2D eigenvalue weighted by Gasteiger charge is 2.24. The van der Waals surface area contributed by atoms with Crippen molar-refractivity contribution < 1.29 is 4.79 Å². The number of aryl methyl sites for hydroxylation is 2. The Bertz CT molecular complexity index is 624. The number of hydrogen-bond acceptors (Lipinski definition) is 4. The molecule has 0 fully saturated rings. The lowest BCUT2D eigenvalue weighted by Gasteiger charge is -2.07. The summed E-state index contributed by atoms with van der Waals surface area (Å²) in [6.45, 7) is 1.92. The van der Waals surface area contributed by atoms with Crippen LogP contribution < -0.4 is 0 Å². The van der Waals surface area contributed by atoms with E-state index in [-0.39, 0.29) is 11.5 Å². The maximum atomic E-state index is 12.2. The minimum Gasteiger partial charge on any atom is -0.290 e. The third-order valence-corrected chi connectivity index (χ3v) is 2.62. The number of hydrogen-bond donors (Lipinski definition) is 0. The topological polar surface area (TPSA) is 71.6 Å². The van der Waals surface area contributed by atoms with Gasteiger partial charge in [0.15, 0.2) is 0 Å². The van der Waals surface area contributed by atoms with Crippen LogP contribution in [0.5, 0.6) is 0 Å². The van der Waals surface area contributed by atoms with Crippen LogP contribution in [0.4, 0.5) is 0 Å². The highest BCUT2D eigenvalue weighted by molar-refractivity contribution is 6.01. The van der Waals surface area contributed by atoms with Crippen LogP contribution in [0.3, 0.4) is 0 Å². The Labute approximate surface area is 105 Å². The summed E-state index contributed by atoms with van der Waals surface area (Å²) in [6, 6.07) is 9.39. The van der Waals surface area contributed by atoms with Crippen molar-refractivity contribution in [2.45, 2.75) is 12.8 Å². The fourth-order valence-corrected chi connectivity index (χ4v) is 1.74. The zero-order valence-electron chi connectivity index (χ0n) is 10.2. The van der Waals surface area contributed by atoms with Gasteiger partial charge < -0.3 is 0 Å². The van der Waals surface area contributed by atoms with Gasteiger partial charge in [-0.1, -0.05) is 35.0 Å². The van der Waals surface area contributed by atoms with Crippen LogP contribution in [-0.4, -0.2) is 20.8 Å². The van der Waals surface area contributed by atoms with Crippen LogP contribution in [-0.2, 0) is 7.05 Å². The third kappa shape index (κ3) is 2.28. The molecule has 0 saturated heterocycles. The molecule has 18 heavy (non-hydrogen) atoms. The normalized spacial score (nSPS) is 11.8. The van der Waals surface area contributed by atoms with Crippen molar-refractivity contribution in [1.29, 1.82) is 5.26 Å². The summed E-state index contributed by atoms with van der Waals surface area (Å²) in [6.07, 6.45) is 1.52. The Morgan fingerprint density at radius 3 is 2.83 bits per heavy atom. The number of carbonyl (C=O) groups excluding carboxylic acids is 1. The fourth-order valence-electron chi connectivity index (χ4n) is 1.74. The van der Waals surface area contributed by atoms with Gasteiger partial charge in [-0.2, -0.15) is 5.26 Å². The van der Waals surface area contributed by atoms with Crippen molar-refractivity contribution in [1.82, 2.24) is 15.0 Å². The SMILES string of the molecule is Cc1cccc(C(C#N)C(=O)c2cn(C)nn2)c1. The van der Waals surface area contributed by atoms with Crippen LogP contribution in [0.15, 0.2) is 30.5 Å². The van der Waals surface area contributed by atoms with Crippen LogP contribution in [0.25, 0.3) is 0 Å². The van der Waals surface area contributed by atoms with Crippen molar-refractivity contribution in [2.24, 2.45) is 7.05 Å². The number of nitrogens with zero attached hydrogens (tertiary/aromatic N) is 4. The van der Waals surface area contributed by atoms with Gasteiger partial charge in [-0.15, -0.1) is 5.10 Å². The maximum Gasteiger partial charge on any atom is 0.206 e. The summed E-state index contributed by atoms with van der Waals surface area (Å²) < 4.78 is 1.44. The molecule has 90 valence electrons. The predicted molar refractivity (Wildman–Crippen MR) is 64.9 cm³/mol. The quantitative estimate of drug-likeness (QED) is 0.764. The lowest BCUT2D eigenvalue weighted by molar-refractivity contribution is 0.0974. The van der Waals surface area contributed by atoms with Crippen LogP contribution >= 0.6 is 0 Å². The van der Waals surface area contributed by atoms with Crippen molar-refractivity contribution in [3.05, 3.63) is 47.3 Å². The zero-order valence-corrected chi connectivity index (χ0v) is 10.2. The van der Waals surface area contributed by atoms with E-state index in [1.807, 2.05) is 31.2 Å². The van der Waals surface area contributed by atoms with Gasteiger partial charge in [0.25, 0.3) is 0 Å². The molecule has 5 heteroatoms. The van der Waals surface area contributed by atoms with E-state index in [4.69, 9.17) is 0 Å². The summed E-state index contributed by atoms with van der Waals surface area (Å²) in [4.78, 5) is 12.2. The van der Waals surface area contributed by atoms with Crippen LogP contribution in [0.1, 0.15) is 27.5 Å². The first-order valence-electron chi connectivity index (χ1n) is 5.48. The number of ketones is 1. The van der Waals surface area contributed by atoms with Gasteiger partial charge in [0, 0.05) is 7.05 Å². The summed E-state index contributed by atoms with van der Waals surface area (Å²) in [5.41, 5.74) is 1.92. The molecule has 1 heterocycles. The maximum absolute atomic E-state index is 12.2. The second kappa shape index (κ2) is 4.80. The first kappa shape index (κ1) is 12.0. The molecule has 2 aromatic rings. The van der Waals surface area contributed by atoms with Crippen molar-refractivity contribution in [3.63, 3.8) is 0 Å². The molecule has 1 unspecified atom stereocenters. The zero-order chi connectivity index (χ0) is 13.1. The molecule has 0 radical (unpaired) electrons. The average Bonchev–Trinajstić information content (AvgIpc) is 2.77. The molecular weight excluding hydrogens is 228 g/mol. The molecule has 0 aliphatic carbocycles. The minimum absolute atomic E-state index is 0.213. The van der Waals surface area contributed by atoms with Gasteiger partial charge in [-0.25, -0.2) is 0 Å². The molecule has 5 nitrogen and oxygen atoms in total. The van der Waals surface area contributed by atoms with E-state index in [1.54, 1.807) is 13.1 Å². The molecule has 0 amide bonds. The molecule has 0 N–H and O–H groups in total. The molecule has 2 rings (SSSR count). The second-order valence-electron chi connectivity index (χ2n) is 4.12. The summed E-state index contributed by atoms with van der Waals surface area (Å²) >= 11 is 0. The summed E-state index contributed by atoms with van der Waals surface area (Å²) in [7, 11) is 1.68. The highest BCUT2D eigenvalue weighted by atomic mass is 16.1. The van der Waals surface area contributed by atoms with E-state index < -0.39 is 5.92 Å². The van der Waals surface area contributed by atoms with Crippen molar-refractivity contribution in [2.75, 3.05) is 0 Å². The van der Waals surface area contributed by atoms with Crippen LogP contribution in [0.2, 0.25) is 0 Å². The third-order valence-electron chi connectivity index (χ3n) is 2.62. The number of Topliss-reactive ketones (excluding diaryl/α,β-unsaturated/α-hetero) is 1. The summed E-state index contributed by atoms with van der Waals surface area (Å²) in [5, 5.41) is 16.6. The standard InChI is InChI=1S/C13H12N4O/c1-9-4-3-5-10(6-9)11(7-14)13(18)12-8-17(2)16-15-12/h3-6,8,11H,1-2H3. The van der Waals surface area contributed by atoms with Gasteiger partial charge in [-0.05, 0) is 12.5 Å². The second-order valence-corrected chi connectivity index (χ2v) is 4.12. The average molecular weight is 240 g/mol. The highest BCUT2D eigenvalue weighted by Crippen LogP contribution is 2.20. The van der Waals surface area contributed by atoms with E-state index in [0.29, 0.717) is 5.56 Å². The van der Waals surface area contributed by atoms with Gasteiger partial charge in [0.05, 0.1) is 12.3 Å². The van der Waals surface area contributed by atoms with Crippen molar-refractivity contribution in [3.8, 4) is 6.07 Å².